The number of nitrogens with one attached hydrogen (secondary N) is 1. The Hall–Kier alpha value is -1.56. The molecule has 5 nitrogen and oxygen atoms in total. The van der Waals surface area contributed by atoms with Crippen LogP contribution in [-0.2, 0) is 0 Å². The third kappa shape index (κ3) is 1.02. The standard InChI is InChI=1S/C6H5N5S/c7-6-10-4-3(5(12)11-6)8-1-2-9-4/h1-2H,(H3,7,9,10,11,12). The molecule has 0 aliphatic heterocycles. The van der Waals surface area contributed by atoms with Crippen molar-refractivity contribution >= 4 is 29.3 Å². The molecule has 0 unspecified atom stereocenters. The molecule has 0 spiro atoms. The summed E-state index contributed by atoms with van der Waals surface area (Å²) >= 11 is 4.96. The summed E-state index contributed by atoms with van der Waals surface area (Å²) in [6.45, 7) is 0. The first-order valence-corrected chi connectivity index (χ1v) is 3.65. The van der Waals surface area contributed by atoms with Crippen molar-refractivity contribution in [2.24, 2.45) is 0 Å². The zero-order chi connectivity index (χ0) is 8.55. The Morgan fingerprint density at radius 3 is 2.92 bits per heavy atom. The summed E-state index contributed by atoms with van der Waals surface area (Å²) < 4.78 is 0.464. The lowest BCUT2D eigenvalue weighted by Gasteiger charge is -1.95. The van der Waals surface area contributed by atoms with Crippen molar-refractivity contribution < 1.29 is 0 Å². The van der Waals surface area contributed by atoms with Gasteiger partial charge in [-0.25, -0.2) is 9.97 Å². The van der Waals surface area contributed by atoms with Gasteiger partial charge < -0.3 is 10.7 Å². The molecule has 0 bridgehead atoms. The Morgan fingerprint density at radius 1 is 1.33 bits per heavy atom. The Kier molecular flexibility index (Phi) is 1.47. The number of aromatic amines is 1. The molecule has 12 heavy (non-hydrogen) atoms. The summed E-state index contributed by atoms with van der Waals surface area (Å²) in [6.07, 6.45) is 3.10. The topological polar surface area (TPSA) is 80.5 Å². The molecular formula is C6H5N5S. The maximum atomic E-state index is 5.42. The number of nitrogens with two attached hydrogens (primary N) is 1. The lowest BCUT2D eigenvalue weighted by molar-refractivity contribution is 1.15. The highest BCUT2D eigenvalue weighted by atomic mass is 32.1. The first-order valence-electron chi connectivity index (χ1n) is 3.24. The highest BCUT2D eigenvalue weighted by Gasteiger charge is 1.98. The van der Waals surface area contributed by atoms with Crippen molar-refractivity contribution in [2.75, 3.05) is 5.73 Å². The van der Waals surface area contributed by atoms with Gasteiger partial charge in [0.2, 0.25) is 5.95 Å². The predicted molar refractivity (Wildman–Crippen MR) is 46.9 cm³/mol. The SMILES string of the molecule is Nc1nc2nccnc2c(=S)[nH]1. The summed E-state index contributed by atoms with van der Waals surface area (Å²) in [4.78, 5) is 14.6. The quantitative estimate of drug-likeness (QED) is 0.581. The minimum absolute atomic E-state index is 0.257. The summed E-state index contributed by atoms with van der Waals surface area (Å²) in [6, 6.07) is 0. The normalized spacial score (nSPS) is 10.3. The zero-order valence-electron chi connectivity index (χ0n) is 5.98. The average Bonchev–Trinajstić information content (AvgIpc) is 2.04. The maximum absolute atomic E-state index is 5.42. The van der Waals surface area contributed by atoms with Crippen LogP contribution in [0.5, 0.6) is 0 Å². The van der Waals surface area contributed by atoms with Crippen LogP contribution in [0.2, 0.25) is 0 Å². The van der Waals surface area contributed by atoms with Crippen LogP contribution in [0, 0.1) is 4.64 Å². The molecule has 60 valence electrons. The van der Waals surface area contributed by atoms with Crippen molar-refractivity contribution in [3.05, 3.63) is 17.0 Å². The van der Waals surface area contributed by atoms with E-state index in [2.05, 4.69) is 19.9 Å². The molecular weight excluding hydrogens is 174 g/mol. The van der Waals surface area contributed by atoms with Crippen LogP contribution in [0.3, 0.4) is 0 Å². The van der Waals surface area contributed by atoms with Gasteiger partial charge in [-0.05, 0) is 0 Å². The van der Waals surface area contributed by atoms with Gasteiger partial charge in [-0.15, -0.1) is 0 Å². The predicted octanol–water partition coefficient (Wildman–Crippen LogP) is 0.665. The number of aromatic nitrogens is 4. The van der Waals surface area contributed by atoms with E-state index in [1.807, 2.05) is 0 Å². The van der Waals surface area contributed by atoms with E-state index in [-0.39, 0.29) is 5.95 Å². The van der Waals surface area contributed by atoms with E-state index in [0.29, 0.717) is 15.8 Å². The van der Waals surface area contributed by atoms with E-state index in [1.165, 1.54) is 0 Å². The molecule has 0 aliphatic rings. The number of rotatable bonds is 0. The summed E-state index contributed by atoms with van der Waals surface area (Å²) in [5.41, 5.74) is 6.47. The van der Waals surface area contributed by atoms with Crippen molar-refractivity contribution in [2.45, 2.75) is 0 Å². The molecule has 0 amide bonds. The molecule has 0 saturated heterocycles. The maximum Gasteiger partial charge on any atom is 0.200 e. The lowest BCUT2D eigenvalue weighted by Crippen LogP contribution is -1.97. The molecule has 6 heteroatoms. The number of nitrogens with zero attached hydrogens (tertiary/aromatic N) is 3. The monoisotopic (exact) mass is 179 g/mol. The van der Waals surface area contributed by atoms with Crippen molar-refractivity contribution in [3.63, 3.8) is 0 Å². The zero-order valence-corrected chi connectivity index (χ0v) is 6.80. The summed E-state index contributed by atoms with van der Waals surface area (Å²) in [5.74, 6) is 0.257. The smallest absolute Gasteiger partial charge is 0.200 e. The Morgan fingerprint density at radius 2 is 2.08 bits per heavy atom. The van der Waals surface area contributed by atoms with E-state index in [9.17, 15) is 0 Å². The van der Waals surface area contributed by atoms with Crippen LogP contribution >= 0.6 is 12.2 Å². The van der Waals surface area contributed by atoms with Crippen LogP contribution in [0.1, 0.15) is 0 Å². The highest BCUT2D eigenvalue weighted by Crippen LogP contribution is 2.05. The number of H-pyrrole nitrogens is 1. The molecule has 0 aliphatic carbocycles. The van der Waals surface area contributed by atoms with Gasteiger partial charge in [0.1, 0.15) is 10.2 Å². The van der Waals surface area contributed by atoms with Gasteiger partial charge in [0, 0.05) is 12.4 Å². The number of nitrogen functional groups attached to an aromatic ring is 1. The second-order valence-electron chi connectivity index (χ2n) is 2.18. The van der Waals surface area contributed by atoms with Crippen molar-refractivity contribution in [3.8, 4) is 0 Å². The number of hydrogen-bond acceptors (Lipinski definition) is 5. The largest absolute Gasteiger partial charge is 0.369 e. The fourth-order valence-corrected chi connectivity index (χ4v) is 1.14. The first kappa shape index (κ1) is 7.11. The van der Waals surface area contributed by atoms with E-state index < -0.39 is 0 Å². The molecule has 0 atom stereocenters. The van der Waals surface area contributed by atoms with E-state index in [0.717, 1.165) is 0 Å². The molecule has 3 N–H and O–H groups in total. The number of anilines is 1. The van der Waals surface area contributed by atoms with Gasteiger partial charge >= 0.3 is 0 Å². The third-order valence-electron chi connectivity index (χ3n) is 1.36. The molecule has 0 fully saturated rings. The van der Waals surface area contributed by atoms with Gasteiger partial charge in [-0.2, -0.15) is 4.98 Å². The number of hydrogen-bond donors (Lipinski definition) is 2. The Balaban J connectivity index is 2.99. The van der Waals surface area contributed by atoms with Gasteiger partial charge in [-0.1, -0.05) is 12.2 Å². The minimum Gasteiger partial charge on any atom is -0.369 e. The Labute approximate surface area is 72.7 Å². The van der Waals surface area contributed by atoms with Gasteiger partial charge in [0.05, 0.1) is 0 Å². The highest BCUT2D eigenvalue weighted by molar-refractivity contribution is 7.71. The Bertz CT molecular complexity index is 477. The second kappa shape index (κ2) is 2.49. The van der Waals surface area contributed by atoms with Gasteiger partial charge in [0.15, 0.2) is 5.65 Å². The lowest BCUT2D eigenvalue weighted by atomic mass is 10.5. The van der Waals surface area contributed by atoms with Crippen LogP contribution in [0.25, 0.3) is 11.2 Å². The van der Waals surface area contributed by atoms with E-state index in [1.54, 1.807) is 12.4 Å². The average molecular weight is 179 g/mol. The van der Waals surface area contributed by atoms with Crippen LogP contribution in [-0.4, -0.2) is 19.9 Å². The van der Waals surface area contributed by atoms with Crippen molar-refractivity contribution in [1.82, 2.24) is 19.9 Å². The van der Waals surface area contributed by atoms with E-state index in [4.69, 9.17) is 18.0 Å². The van der Waals surface area contributed by atoms with Gasteiger partial charge in [0.25, 0.3) is 0 Å². The fraction of sp³-hybridized carbons (Fsp3) is 0. The molecule has 2 aromatic heterocycles. The van der Waals surface area contributed by atoms with Gasteiger partial charge in [-0.3, -0.25) is 0 Å². The molecule has 0 radical (unpaired) electrons. The molecule has 0 aromatic carbocycles. The van der Waals surface area contributed by atoms with E-state index >= 15 is 0 Å². The second-order valence-corrected chi connectivity index (χ2v) is 2.59. The first-order chi connectivity index (χ1) is 5.77. The number of fused-ring (bicyclic) bond motifs is 1. The summed E-state index contributed by atoms with van der Waals surface area (Å²) in [7, 11) is 0. The third-order valence-corrected chi connectivity index (χ3v) is 1.66. The minimum atomic E-state index is 0.257. The van der Waals surface area contributed by atoms with Crippen LogP contribution in [0.15, 0.2) is 12.4 Å². The van der Waals surface area contributed by atoms with Crippen molar-refractivity contribution in [1.29, 1.82) is 0 Å². The molecule has 2 aromatic rings. The summed E-state index contributed by atoms with van der Waals surface area (Å²) in [5, 5.41) is 0. The molecule has 2 rings (SSSR count). The molecule has 2 heterocycles. The van der Waals surface area contributed by atoms with Crippen LogP contribution < -0.4 is 5.73 Å². The molecule has 0 saturated carbocycles. The fourth-order valence-electron chi connectivity index (χ4n) is 0.890. The van der Waals surface area contributed by atoms with Crippen LogP contribution in [0.4, 0.5) is 5.95 Å².